The average Bonchev–Trinajstić information content (AvgIpc) is 4.08. The molecule has 2 saturated heterocycles. The molecule has 2 heterocycles. The molecule has 3 aromatic rings. The van der Waals surface area contributed by atoms with Crippen LogP contribution in [0.1, 0.15) is 131 Å². The van der Waals surface area contributed by atoms with Gasteiger partial charge >= 0.3 is 0 Å². The molecule has 71 heavy (non-hydrogen) atoms. The summed E-state index contributed by atoms with van der Waals surface area (Å²) in [5.41, 5.74) is 5.87. The molecule has 2 aliphatic heterocycles. The Balaban J connectivity index is 0.00000469. The first-order chi connectivity index (χ1) is 33.4. The highest BCUT2D eigenvalue weighted by Crippen LogP contribution is 2.32. The molecule has 1 unspecified atom stereocenters. The Bertz CT molecular complexity index is 2390. The monoisotopic (exact) mass is 1010 g/mol. The standard InChI is InChI=1S/C54H70N8O7.2ClH/c1-6-56-35(3)50(64)60-48(54(68)62-32-14-26-46(62)52(66)58-44-24-12-20-39-18-8-10-22-42(39)44)40-29-27-37(28-30-40)16-15-33-69-36(4)47(59-49(63)34(2)55-5)53(67)61-31-13-25-45(61)51(65)57-43-23-11-19-38-17-7-9-21-41(38)43;;/h7-10,17-18,21-22,27-30,34-36,43-48,55-56H,6,11-14,19-20,23-26,31-33H2,1-5H3,(H,57,65)(H,58,66)(H,59,63)(H,60,64);2*1H/t34-,35-,36+,43?,44+,45-,46-,47-,48-;;/m0../s1. The summed E-state index contributed by atoms with van der Waals surface area (Å²) in [7, 11) is 1.66. The maximum absolute atomic E-state index is 14.5. The van der Waals surface area contributed by atoms with Gasteiger partial charge in [-0.3, -0.25) is 28.8 Å². The zero-order valence-electron chi connectivity index (χ0n) is 41.6. The quantitative estimate of drug-likeness (QED) is 0.102. The summed E-state index contributed by atoms with van der Waals surface area (Å²) >= 11 is 0. The minimum absolute atomic E-state index is 0. The number of carbonyl (C=O) groups excluding carboxylic acids is 6. The first kappa shape index (κ1) is 56.4. The minimum Gasteiger partial charge on any atom is -0.363 e. The predicted molar refractivity (Wildman–Crippen MR) is 278 cm³/mol. The molecule has 0 spiro atoms. The van der Waals surface area contributed by atoms with Gasteiger partial charge in [-0.2, -0.15) is 0 Å². The summed E-state index contributed by atoms with van der Waals surface area (Å²) in [4.78, 5) is 86.4. The third-order valence-electron chi connectivity index (χ3n) is 14.2. The maximum atomic E-state index is 14.5. The summed E-state index contributed by atoms with van der Waals surface area (Å²) < 4.78 is 6.11. The molecule has 0 bridgehead atoms. The number of rotatable bonds is 17. The Labute approximate surface area is 431 Å². The fourth-order valence-corrected chi connectivity index (χ4v) is 10.2. The van der Waals surface area contributed by atoms with E-state index in [1.807, 2.05) is 31.2 Å². The van der Waals surface area contributed by atoms with Crippen LogP contribution < -0.4 is 31.9 Å². The van der Waals surface area contributed by atoms with E-state index in [9.17, 15) is 28.8 Å². The number of benzene rings is 3. The van der Waals surface area contributed by atoms with Crippen LogP contribution in [0.4, 0.5) is 0 Å². The molecule has 4 aliphatic rings. The van der Waals surface area contributed by atoms with E-state index in [0.717, 1.165) is 49.7 Å². The van der Waals surface area contributed by atoms with Crippen LogP contribution in [-0.4, -0.2) is 115 Å². The molecule has 384 valence electrons. The van der Waals surface area contributed by atoms with Crippen LogP contribution in [0.3, 0.4) is 0 Å². The van der Waals surface area contributed by atoms with Gasteiger partial charge in [0.25, 0.3) is 0 Å². The van der Waals surface area contributed by atoms with Crippen molar-refractivity contribution in [3.8, 4) is 11.8 Å². The van der Waals surface area contributed by atoms with E-state index in [1.54, 1.807) is 61.9 Å². The Morgan fingerprint density at radius 3 is 1.72 bits per heavy atom. The molecule has 0 aromatic heterocycles. The van der Waals surface area contributed by atoms with E-state index in [0.29, 0.717) is 56.4 Å². The number of likely N-dealkylation sites (tertiary alicyclic amines) is 2. The van der Waals surface area contributed by atoms with Crippen molar-refractivity contribution in [3.63, 3.8) is 0 Å². The van der Waals surface area contributed by atoms with Crippen LogP contribution >= 0.6 is 24.8 Å². The lowest BCUT2D eigenvalue weighted by Crippen LogP contribution is -2.59. The SMILES string of the molecule is CCN[C@@H](C)C(=O)N[C@H](C(=O)N1CCC[C@H]1C(=O)N[C@@H]1CCCc2ccccc21)c1ccc(C#CCO[C@H](C)[C@H](NC(=O)[C@H](C)NC)C(=O)N2CCC[C@H]2C(=O)NC2CCCc3ccccc32)cc1.Cl.Cl. The van der Waals surface area contributed by atoms with Gasteiger partial charge in [0.15, 0.2) is 0 Å². The smallest absolute Gasteiger partial charge is 0.250 e. The zero-order valence-corrected chi connectivity index (χ0v) is 43.2. The normalized spacial score (nSPS) is 21.1. The van der Waals surface area contributed by atoms with Gasteiger partial charge < -0.3 is 46.4 Å². The average molecular weight is 1020 g/mol. The molecule has 6 N–H and O–H groups in total. The number of likely N-dealkylation sites (N-methyl/N-ethyl adjacent to an activating group) is 2. The fourth-order valence-electron chi connectivity index (χ4n) is 10.2. The molecule has 3 aromatic carbocycles. The number of hydrogen-bond donors (Lipinski definition) is 6. The van der Waals surface area contributed by atoms with E-state index in [-0.39, 0.29) is 73.0 Å². The first-order valence-electron chi connectivity index (χ1n) is 25.0. The summed E-state index contributed by atoms with van der Waals surface area (Å²) in [6.45, 7) is 8.32. The van der Waals surface area contributed by atoms with Crippen molar-refractivity contribution in [1.29, 1.82) is 0 Å². The third kappa shape index (κ3) is 13.9. The van der Waals surface area contributed by atoms with E-state index in [4.69, 9.17) is 4.74 Å². The van der Waals surface area contributed by atoms with E-state index >= 15 is 0 Å². The van der Waals surface area contributed by atoms with E-state index < -0.39 is 48.3 Å². The highest BCUT2D eigenvalue weighted by Gasteiger charge is 2.42. The van der Waals surface area contributed by atoms with Gasteiger partial charge in [0.1, 0.15) is 30.8 Å². The molecular weight excluding hydrogens is 944 g/mol. The largest absolute Gasteiger partial charge is 0.363 e. The Morgan fingerprint density at radius 1 is 0.662 bits per heavy atom. The molecule has 2 aliphatic carbocycles. The van der Waals surface area contributed by atoms with Crippen LogP contribution in [0.2, 0.25) is 0 Å². The van der Waals surface area contributed by atoms with Crippen molar-refractivity contribution in [2.45, 2.75) is 146 Å². The number of nitrogens with zero attached hydrogens (tertiary/aromatic N) is 2. The van der Waals surface area contributed by atoms with Crippen LogP contribution in [0.25, 0.3) is 0 Å². The third-order valence-corrected chi connectivity index (χ3v) is 14.2. The van der Waals surface area contributed by atoms with Crippen LogP contribution in [0, 0.1) is 11.8 Å². The van der Waals surface area contributed by atoms with Gasteiger partial charge in [0.2, 0.25) is 35.4 Å². The molecule has 2 fully saturated rings. The molecule has 17 heteroatoms. The van der Waals surface area contributed by atoms with Crippen molar-refractivity contribution >= 4 is 60.3 Å². The number of amides is 6. The van der Waals surface area contributed by atoms with Gasteiger partial charge in [-0.25, -0.2) is 0 Å². The number of fused-ring (bicyclic) bond motifs is 2. The summed E-state index contributed by atoms with van der Waals surface area (Å²) in [5.74, 6) is 4.24. The summed E-state index contributed by atoms with van der Waals surface area (Å²) in [5, 5.41) is 18.3. The number of halogens is 2. The Kier molecular flexibility index (Phi) is 21.3. The number of aryl methyl sites for hydroxylation is 2. The Morgan fingerprint density at radius 2 is 1.18 bits per heavy atom. The molecule has 0 radical (unpaired) electrons. The number of nitrogens with one attached hydrogen (secondary N) is 6. The van der Waals surface area contributed by atoms with Crippen LogP contribution in [0.15, 0.2) is 72.8 Å². The topological polar surface area (TPSA) is 190 Å². The second-order valence-corrected chi connectivity index (χ2v) is 18.8. The van der Waals surface area contributed by atoms with Gasteiger partial charge in [-0.05, 0) is 139 Å². The van der Waals surface area contributed by atoms with Gasteiger partial charge in [-0.1, -0.05) is 79.4 Å². The van der Waals surface area contributed by atoms with Gasteiger partial charge in [0.05, 0.1) is 30.3 Å². The molecule has 9 atom stereocenters. The van der Waals surface area contributed by atoms with Crippen molar-refractivity contribution in [2.24, 2.45) is 0 Å². The molecule has 7 rings (SSSR count). The zero-order chi connectivity index (χ0) is 49.0. The molecule has 15 nitrogen and oxygen atoms in total. The Hall–Kier alpha value is -5.50. The van der Waals surface area contributed by atoms with E-state index in [2.05, 4.69) is 68.0 Å². The lowest BCUT2D eigenvalue weighted by molar-refractivity contribution is -0.145. The van der Waals surface area contributed by atoms with Crippen LogP contribution in [0.5, 0.6) is 0 Å². The van der Waals surface area contributed by atoms with Crippen molar-refractivity contribution in [1.82, 2.24) is 41.7 Å². The number of ether oxygens (including phenoxy) is 1. The second-order valence-electron chi connectivity index (χ2n) is 18.8. The maximum Gasteiger partial charge on any atom is 0.250 e. The fraction of sp³-hybridized carbons (Fsp3) is 0.519. The van der Waals surface area contributed by atoms with Gasteiger partial charge in [-0.15, -0.1) is 24.8 Å². The lowest BCUT2D eigenvalue weighted by Gasteiger charge is -2.33. The highest BCUT2D eigenvalue weighted by molar-refractivity contribution is 5.95. The van der Waals surface area contributed by atoms with Crippen molar-refractivity contribution in [2.75, 3.05) is 33.3 Å². The number of carbonyl (C=O) groups is 6. The minimum atomic E-state index is -1.08. The molecular formula is C54H72Cl2N8O7. The summed E-state index contributed by atoms with van der Waals surface area (Å²) in [6.07, 6.45) is 7.09. The van der Waals surface area contributed by atoms with Crippen molar-refractivity contribution < 1.29 is 33.5 Å². The summed E-state index contributed by atoms with van der Waals surface area (Å²) in [6, 6.07) is 18.5. The second kappa shape index (κ2) is 26.8. The van der Waals surface area contributed by atoms with E-state index in [1.165, 1.54) is 11.1 Å². The van der Waals surface area contributed by atoms with Gasteiger partial charge in [0, 0.05) is 18.7 Å². The molecule has 6 amide bonds. The van der Waals surface area contributed by atoms with Crippen molar-refractivity contribution in [3.05, 3.63) is 106 Å². The lowest BCUT2D eigenvalue weighted by atomic mass is 9.87. The highest BCUT2D eigenvalue weighted by atomic mass is 35.5. The number of hydrogen-bond acceptors (Lipinski definition) is 9. The first-order valence-corrected chi connectivity index (χ1v) is 25.0. The predicted octanol–water partition coefficient (Wildman–Crippen LogP) is 4.90. The van der Waals surface area contributed by atoms with Crippen LogP contribution in [-0.2, 0) is 46.3 Å². The molecule has 0 saturated carbocycles.